The van der Waals surface area contributed by atoms with E-state index in [1.807, 2.05) is 67.4 Å². The summed E-state index contributed by atoms with van der Waals surface area (Å²) >= 11 is 0. The number of nitrogens with one attached hydrogen (secondary N) is 1. The Morgan fingerprint density at radius 1 is 1.15 bits per heavy atom. The van der Waals surface area contributed by atoms with Crippen LogP contribution in [0.1, 0.15) is 18.5 Å². The third kappa shape index (κ3) is 5.62. The molecule has 1 N–H and O–H groups in total. The number of rotatable bonds is 8. The highest BCUT2D eigenvalue weighted by molar-refractivity contribution is 5.78. The van der Waals surface area contributed by atoms with Crippen molar-refractivity contribution in [3.8, 4) is 17.2 Å². The molecular weight excluding hydrogens is 344 g/mol. The molecule has 1 amide bonds. The Hall–Kier alpha value is -2.73. The monoisotopic (exact) mass is 370 g/mol. The van der Waals surface area contributed by atoms with E-state index in [4.69, 9.17) is 14.2 Å². The maximum Gasteiger partial charge on any atom is 0.234 e. The molecule has 1 atom stereocenters. The number of para-hydroxylation sites is 1. The molecule has 0 saturated carbocycles. The van der Waals surface area contributed by atoms with Crippen molar-refractivity contribution >= 4 is 5.91 Å². The first-order valence-electron chi connectivity index (χ1n) is 9.17. The molecule has 0 saturated heterocycles. The Morgan fingerprint density at radius 2 is 1.89 bits per heavy atom. The smallest absolute Gasteiger partial charge is 0.234 e. The molecule has 0 aromatic heterocycles. The molecule has 6 heteroatoms. The second-order valence-electron chi connectivity index (χ2n) is 6.59. The van der Waals surface area contributed by atoms with Crippen LogP contribution < -0.4 is 19.5 Å². The van der Waals surface area contributed by atoms with Crippen molar-refractivity contribution in [1.29, 1.82) is 0 Å². The molecule has 2 aromatic carbocycles. The number of hydrogen-bond donors (Lipinski definition) is 1. The van der Waals surface area contributed by atoms with Gasteiger partial charge >= 0.3 is 0 Å². The summed E-state index contributed by atoms with van der Waals surface area (Å²) in [7, 11) is 1.91. The van der Waals surface area contributed by atoms with E-state index in [1.165, 1.54) is 0 Å². The molecule has 0 aliphatic carbocycles. The van der Waals surface area contributed by atoms with Crippen LogP contribution in [0.25, 0.3) is 0 Å². The molecular formula is C21H26N2O4. The van der Waals surface area contributed by atoms with Crippen LogP contribution in [0.5, 0.6) is 17.2 Å². The third-order valence-corrected chi connectivity index (χ3v) is 4.34. The van der Waals surface area contributed by atoms with Crippen molar-refractivity contribution in [3.05, 3.63) is 54.1 Å². The quantitative estimate of drug-likeness (QED) is 0.774. The van der Waals surface area contributed by atoms with Crippen molar-refractivity contribution in [2.45, 2.75) is 13.0 Å². The lowest BCUT2D eigenvalue weighted by Gasteiger charge is -2.22. The standard InChI is InChI=1S/C21H26N2O4/c1-16(17-8-9-19-20(14-17)27-13-12-26-19)22-21(24)15-23(2)10-11-25-18-6-4-3-5-7-18/h3-9,14,16H,10-13,15H2,1-2H3,(H,22,24)/t16-/m0/s1. The summed E-state index contributed by atoms with van der Waals surface area (Å²) in [5, 5.41) is 3.02. The van der Waals surface area contributed by atoms with Gasteiger partial charge in [-0.15, -0.1) is 0 Å². The second-order valence-corrected chi connectivity index (χ2v) is 6.59. The van der Waals surface area contributed by atoms with E-state index in [0.717, 1.165) is 22.8 Å². The van der Waals surface area contributed by atoms with Crippen molar-refractivity contribution in [2.24, 2.45) is 0 Å². The fourth-order valence-electron chi connectivity index (χ4n) is 2.86. The summed E-state index contributed by atoms with van der Waals surface area (Å²) < 4.78 is 16.8. The van der Waals surface area contributed by atoms with Crippen LogP contribution in [-0.2, 0) is 4.79 Å². The van der Waals surface area contributed by atoms with Crippen LogP contribution in [0.15, 0.2) is 48.5 Å². The largest absolute Gasteiger partial charge is 0.492 e. The normalized spacial score (nSPS) is 13.9. The summed E-state index contributed by atoms with van der Waals surface area (Å²) in [5.74, 6) is 2.29. The zero-order valence-electron chi connectivity index (χ0n) is 15.8. The topological polar surface area (TPSA) is 60.0 Å². The van der Waals surface area contributed by atoms with Crippen molar-refractivity contribution < 1.29 is 19.0 Å². The number of ether oxygens (including phenoxy) is 3. The minimum atomic E-state index is -0.109. The van der Waals surface area contributed by atoms with Gasteiger partial charge in [0.2, 0.25) is 5.91 Å². The van der Waals surface area contributed by atoms with Gasteiger partial charge in [0.1, 0.15) is 25.6 Å². The van der Waals surface area contributed by atoms with Gasteiger partial charge in [0.05, 0.1) is 12.6 Å². The molecule has 0 radical (unpaired) electrons. The highest BCUT2D eigenvalue weighted by atomic mass is 16.6. The van der Waals surface area contributed by atoms with Crippen LogP contribution in [0.3, 0.4) is 0 Å². The van der Waals surface area contributed by atoms with E-state index in [2.05, 4.69) is 5.32 Å². The van der Waals surface area contributed by atoms with Gasteiger partial charge in [0.15, 0.2) is 11.5 Å². The van der Waals surface area contributed by atoms with Gasteiger partial charge in [-0.2, -0.15) is 0 Å². The zero-order chi connectivity index (χ0) is 19.1. The van der Waals surface area contributed by atoms with Gasteiger partial charge in [0.25, 0.3) is 0 Å². The van der Waals surface area contributed by atoms with Crippen molar-refractivity contribution in [2.75, 3.05) is 40.0 Å². The minimum absolute atomic E-state index is 0.0281. The molecule has 6 nitrogen and oxygen atoms in total. The number of fused-ring (bicyclic) bond motifs is 1. The van der Waals surface area contributed by atoms with Crippen molar-refractivity contribution in [1.82, 2.24) is 10.2 Å². The fraction of sp³-hybridized carbons (Fsp3) is 0.381. The number of carbonyl (C=O) groups is 1. The molecule has 1 heterocycles. The average Bonchev–Trinajstić information content (AvgIpc) is 2.68. The Labute approximate surface area is 160 Å². The Kier molecular flexibility index (Phi) is 6.54. The molecule has 0 fully saturated rings. The molecule has 1 aliphatic heterocycles. The Morgan fingerprint density at radius 3 is 2.67 bits per heavy atom. The summed E-state index contributed by atoms with van der Waals surface area (Å²) in [6.07, 6.45) is 0. The number of likely N-dealkylation sites (N-methyl/N-ethyl adjacent to an activating group) is 1. The molecule has 3 rings (SSSR count). The van der Waals surface area contributed by atoms with Crippen LogP contribution in [0, 0.1) is 0 Å². The lowest BCUT2D eigenvalue weighted by molar-refractivity contribution is -0.122. The number of benzene rings is 2. The maximum absolute atomic E-state index is 12.3. The number of amides is 1. The summed E-state index contributed by atoms with van der Waals surface area (Å²) in [6, 6.07) is 15.3. The highest BCUT2D eigenvalue weighted by Gasteiger charge is 2.16. The minimum Gasteiger partial charge on any atom is -0.492 e. The van der Waals surface area contributed by atoms with E-state index in [-0.39, 0.29) is 11.9 Å². The maximum atomic E-state index is 12.3. The predicted molar refractivity (Wildman–Crippen MR) is 103 cm³/mol. The fourth-order valence-corrected chi connectivity index (χ4v) is 2.86. The lowest BCUT2D eigenvalue weighted by atomic mass is 10.1. The molecule has 1 aliphatic rings. The first-order valence-corrected chi connectivity index (χ1v) is 9.17. The van der Waals surface area contributed by atoms with Crippen LogP contribution in [0.4, 0.5) is 0 Å². The van der Waals surface area contributed by atoms with Gasteiger partial charge in [-0.25, -0.2) is 0 Å². The molecule has 0 spiro atoms. The first kappa shape index (κ1) is 19.0. The summed E-state index contributed by atoms with van der Waals surface area (Å²) in [6.45, 7) is 4.59. The van der Waals surface area contributed by atoms with E-state index < -0.39 is 0 Å². The van der Waals surface area contributed by atoms with E-state index in [1.54, 1.807) is 0 Å². The van der Waals surface area contributed by atoms with Crippen LogP contribution in [-0.4, -0.2) is 50.8 Å². The number of carbonyl (C=O) groups excluding carboxylic acids is 1. The molecule has 144 valence electrons. The van der Waals surface area contributed by atoms with Gasteiger partial charge in [-0.1, -0.05) is 24.3 Å². The lowest BCUT2D eigenvalue weighted by Crippen LogP contribution is -2.38. The summed E-state index contributed by atoms with van der Waals surface area (Å²) in [5.41, 5.74) is 0.989. The molecule has 0 bridgehead atoms. The van der Waals surface area contributed by atoms with Gasteiger partial charge in [0, 0.05) is 6.54 Å². The summed E-state index contributed by atoms with van der Waals surface area (Å²) in [4.78, 5) is 14.2. The Bertz CT molecular complexity index is 751. The molecule has 27 heavy (non-hydrogen) atoms. The van der Waals surface area contributed by atoms with E-state index >= 15 is 0 Å². The first-order chi connectivity index (χ1) is 13.1. The molecule has 2 aromatic rings. The van der Waals surface area contributed by atoms with Gasteiger partial charge in [-0.05, 0) is 43.8 Å². The SMILES string of the molecule is C[C@H](NC(=O)CN(C)CCOc1ccccc1)c1ccc2c(c1)OCCO2. The average molecular weight is 370 g/mol. The number of nitrogens with zero attached hydrogens (tertiary/aromatic N) is 1. The third-order valence-electron chi connectivity index (χ3n) is 4.34. The Balaban J connectivity index is 1.42. The van der Waals surface area contributed by atoms with E-state index in [0.29, 0.717) is 32.9 Å². The van der Waals surface area contributed by atoms with Crippen LogP contribution in [0.2, 0.25) is 0 Å². The van der Waals surface area contributed by atoms with Gasteiger partial charge < -0.3 is 19.5 Å². The van der Waals surface area contributed by atoms with Crippen LogP contribution >= 0.6 is 0 Å². The van der Waals surface area contributed by atoms with E-state index in [9.17, 15) is 4.79 Å². The second kappa shape index (κ2) is 9.28. The molecule has 0 unspecified atom stereocenters. The number of hydrogen-bond acceptors (Lipinski definition) is 5. The zero-order valence-corrected chi connectivity index (χ0v) is 15.8. The highest BCUT2D eigenvalue weighted by Crippen LogP contribution is 2.32. The predicted octanol–water partition coefficient (Wildman–Crippen LogP) is 2.65. The van der Waals surface area contributed by atoms with Gasteiger partial charge in [-0.3, -0.25) is 9.69 Å². The van der Waals surface area contributed by atoms with Crippen molar-refractivity contribution in [3.63, 3.8) is 0 Å².